The summed E-state index contributed by atoms with van der Waals surface area (Å²) in [7, 11) is 1.83. The number of nitrogens with zero attached hydrogens (tertiary/aromatic N) is 3. The number of aryl methyl sites for hydroxylation is 2. The lowest BCUT2D eigenvalue weighted by Crippen LogP contribution is -2.53. The largest absolute Gasteiger partial charge is 0.488 e. The molecule has 0 spiro atoms. The average Bonchev–Trinajstić information content (AvgIpc) is 3.13. The molecule has 9 heteroatoms. The number of amides is 2. The van der Waals surface area contributed by atoms with Crippen LogP contribution in [0.25, 0.3) is 11.0 Å². The van der Waals surface area contributed by atoms with Crippen LogP contribution in [0.1, 0.15) is 61.2 Å². The summed E-state index contributed by atoms with van der Waals surface area (Å²) in [6, 6.07) is 10.9. The van der Waals surface area contributed by atoms with E-state index in [0.29, 0.717) is 59.9 Å². The molecule has 9 nitrogen and oxygen atoms in total. The summed E-state index contributed by atoms with van der Waals surface area (Å²) in [5.74, 6) is 0.0152. The molecule has 38 heavy (non-hydrogen) atoms. The molecule has 0 radical (unpaired) electrons. The predicted molar refractivity (Wildman–Crippen MR) is 149 cm³/mol. The molecule has 0 bridgehead atoms. The first-order valence-corrected chi connectivity index (χ1v) is 13.3. The Labute approximate surface area is 224 Å². The number of carbonyl (C=O) groups is 2. The van der Waals surface area contributed by atoms with Gasteiger partial charge in [-0.05, 0) is 52.3 Å². The number of ether oxygens (including phenoxy) is 2. The molecule has 0 atom stereocenters. The van der Waals surface area contributed by atoms with Crippen LogP contribution in [0.3, 0.4) is 0 Å². The van der Waals surface area contributed by atoms with Crippen LogP contribution < -0.4 is 15.4 Å². The number of nitrogens with one attached hydrogen (secondary N) is 2. The summed E-state index contributed by atoms with van der Waals surface area (Å²) in [6.45, 7) is 13.7. The molecule has 2 N–H and O–H groups in total. The highest BCUT2D eigenvalue weighted by Crippen LogP contribution is 2.36. The van der Waals surface area contributed by atoms with Gasteiger partial charge in [-0.1, -0.05) is 25.1 Å². The topological polar surface area (TPSA) is 97.7 Å². The maximum absolute atomic E-state index is 13.7. The zero-order chi connectivity index (χ0) is 27.4. The van der Waals surface area contributed by atoms with Crippen molar-refractivity contribution < 1.29 is 19.1 Å². The molecule has 3 aromatic rings. The fourth-order valence-electron chi connectivity index (χ4n) is 4.85. The first-order chi connectivity index (χ1) is 18.1. The van der Waals surface area contributed by atoms with Crippen molar-refractivity contribution in [3.05, 3.63) is 53.3 Å². The standard InChI is InChI=1S/C29H39N5O4/c1-7-22-23(31-27(35)20-11-9-8-10-12-20)17-21-25(38-19(2)3)24(33(6)26(21)30-22)28(36)32-29(4,5)18-34-13-15-37-16-14-34/h8-12,17,19H,7,13-16,18H2,1-6H3,(H,31,35)(H,32,36). The second-order valence-electron chi connectivity index (χ2n) is 10.7. The third-order valence-electron chi connectivity index (χ3n) is 6.56. The molecule has 0 saturated carbocycles. The fourth-order valence-corrected chi connectivity index (χ4v) is 4.85. The Morgan fingerprint density at radius 1 is 1.13 bits per heavy atom. The van der Waals surface area contributed by atoms with Gasteiger partial charge in [0, 0.05) is 37.8 Å². The van der Waals surface area contributed by atoms with E-state index in [2.05, 4.69) is 15.5 Å². The van der Waals surface area contributed by atoms with Gasteiger partial charge in [0.1, 0.15) is 5.65 Å². The molecule has 2 amide bonds. The number of rotatable bonds is 9. The van der Waals surface area contributed by atoms with E-state index in [1.807, 2.05) is 65.9 Å². The first-order valence-electron chi connectivity index (χ1n) is 13.3. The third kappa shape index (κ3) is 6.16. The zero-order valence-corrected chi connectivity index (χ0v) is 23.3. The highest BCUT2D eigenvalue weighted by molar-refractivity contribution is 6.07. The molecule has 4 rings (SSSR count). The lowest BCUT2D eigenvalue weighted by molar-refractivity contribution is 0.0268. The van der Waals surface area contributed by atoms with Crippen LogP contribution in [-0.4, -0.2) is 70.8 Å². The maximum atomic E-state index is 13.7. The Hall–Kier alpha value is -3.43. The van der Waals surface area contributed by atoms with Gasteiger partial charge >= 0.3 is 0 Å². The lowest BCUT2D eigenvalue weighted by atomic mass is 10.0. The molecular formula is C29H39N5O4. The van der Waals surface area contributed by atoms with Gasteiger partial charge in [-0.25, -0.2) is 4.98 Å². The number of anilines is 1. The number of pyridine rings is 1. The molecule has 0 unspecified atom stereocenters. The third-order valence-corrected chi connectivity index (χ3v) is 6.56. The minimum absolute atomic E-state index is 0.165. The summed E-state index contributed by atoms with van der Waals surface area (Å²) in [5, 5.41) is 6.90. The van der Waals surface area contributed by atoms with Crippen molar-refractivity contribution in [1.29, 1.82) is 0 Å². The molecule has 1 aliphatic rings. The molecule has 2 aromatic heterocycles. The zero-order valence-electron chi connectivity index (χ0n) is 23.3. The van der Waals surface area contributed by atoms with E-state index >= 15 is 0 Å². The van der Waals surface area contributed by atoms with E-state index in [0.717, 1.165) is 18.8 Å². The van der Waals surface area contributed by atoms with Crippen LogP contribution in [0.15, 0.2) is 36.4 Å². The molecule has 1 aliphatic heterocycles. The Kier molecular flexibility index (Phi) is 8.38. The minimum Gasteiger partial charge on any atom is -0.488 e. The molecular weight excluding hydrogens is 482 g/mol. The molecule has 3 heterocycles. The smallest absolute Gasteiger partial charge is 0.272 e. The van der Waals surface area contributed by atoms with Crippen molar-refractivity contribution in [3.63, 3.8) is 0 Å². The van der Waals surface area contributed by atoms with Gasteiger partial charge in [0.2, 0.25) is 0 Å². The van der Waals surface area contributed by atoms with Crippen LogP contribution in [0.5, 0.6) is 5.75 Å². The second kappa shape index (κ2) is 11.5. The van der Waals surface area contributed by atoms with Crippen molar-refractivity contribution in [1.82, 2.24) is 19.8 Å². The summed E-state index contributed by atoms with van der Waals surface area (Å²) in [4.78, 5) is 33.8. The van der Waals surface area contributed by atoms with Gasteiger partial charge in [0.25, 0.3) is 11.8 Å². The lowest BCUT2D eigenvalue weighted by Gasteiger charge is -2.35. The first kappa shape index (κ1) is 27.6. The van der Waals surface area contributed by atoms with Crippen LogP contribution >= 0.6 is 0 Å². The van der Waals surface area contributed by atoms with Gasteiger partial charge in [-0.2, -0.15) is 0 Å². The Morgan fingerprint density at radius 3 is 2.45 bits per heavy atom. The van der Waals surface area contributed by atoms with E-state index < -0.39 is 5.54 Å². The van der Waals surface area contributed by atoms with Crippen LogP contribution in [0, 0.1) is 0 Å². The Balaban J connectivity index is 1.71. The normalized spacial score (nSPS) is 14.6. The highest BCUT2D eigenvalue weighted by atomic mass is 16.5. The van der Waals surface area contributed by atoms with Crippen molar-refractivity contribution in [2.45, 2.75) is 52.7 Å². The molecule has 0 aliphatic carbocycles. The van der Waals surface area contributed by atoms with E-state index in [4.69, 9.17) is 14.5 Å². The molecule has 1 aromatic carbocycles. The predicted octanol–water partition coefficient (Wildman–Crippen LogP) is 4.02. The second-order valence-corrected chi connectivity index (χ2v) is 10.7. The highest BCUT2D eigenvalue weighted by Gasteiger charge is 2.31. The van der Waals surface area contributed by atoms with Crippen LogP contribution in [0.2, 0.25) is 0 Å². The number of fused-ring (bicyclic) bond motifs is 1. The molecule has 1 fully saturated rings. The van der Waals surface area contributed by atoms with Crippen molar-refractivity contribution in [2.75, 3.05) is 38.2 Å². The van der Waals surface area contributed by atoms with Gasteiger partial charge in [0.15, 0.2) is 11.4 Å². The monoisotopic (exact) mass is 521 g/mol. The number of aromatic nitrogens is 2. The van der Waals surface area contributed by atoms with Crippen LogP contribution in [-0.2, 0) is 18.2 Å². The number of morpholine rings is 1. The molecule has 204 valence electrons. The van der Waals surface area contributed by atoms with Gasteiger partial charge in [0.05, 0.1) is 36.1 Å². The summed E-state index contributed by atoms with van der Waals surface area (Å²) in [6.07, 6.45) is 0.446. The SMILES string of the molecule is CCc1nc2c(cc1NC(=O)c1ccccc1)c(OC(C)C)c(C(=O)NC(C)(C)CN1CCOCC1)n2C. The number of hydrogen-bond donors (Lipinski definition) is 2. The van der Waals surface area contributed by atoms with Crippen LogP contribution in [0.4, 0.5) is 5.69 Å². The van der Waals surface area contributed by atoms with Crippen molar-refractivity contribution >= 4 is 28.5 Å². The maximum Gasteiger partial charge on any atom is 0.272 e. The Bertz CT molecular complexity index is 1290. The van der Waals surface area contributed by atoms with E-state index in [-0.39, 0.29) is 17.9 Å². The number of carbonyl (C=O) groups excluding carboxylic acids is 2. The summed E-state index contributed by atoms with van der Waals surface area (Å²) < 4.78 is 13.5. The van der Waals surface area contributed by atoms with Crippen molar-refractivity contribution in [2.24, 2.45) is 7.05 Å². The number of benzene rings is 1. The Morgan fingerprint density at radius 2 is 1.82 bits per heavy atom. The van der Waals surface area contributed by atoms with Gasteiger partial charge in [-0.3, -0.25) is 14.5 Å². The summed E-state index contributed by atoms with van der Waals surface area (Å²) in [5.41, 5.74) is 2.46. The van der Waals surface area contributed by atoms with E-state index in [1.165, 1.54) is 0 Å². The van der Waals surface area contributed by atoms with E-state index in [1.54, 1.807) is 16.7 Å². The molecule has 1 saturated heterocycles. The van der Waals surface area contributed by atoms with Gasteiger partial charge in [-0.15, -0.1) is 0 Å². The van der Waals surface area contributed by atoms with Crippen molar-refractivity contribution in [3.8, 4) is 5.75 Å². The average molecular weight is 522 g/mol. The quantitative estimate of drug-likeness (QED) is 0.442. The van der Waals surface area contributed by atoms with E-state index in [9.17, 15) is 9.59 Å². The summed E-state index contributed by atoms with van der Waals surface area (Å²) >= 11 is 0. The minimum atomic E-state index is -0.475. The number of hydrogen-bond acceptors (Lipinski definition) is 6. The fraction of sp³-hybridized carbons (Fsp3) is 0.483. The van der Waals surface area contributed by atoms with Gasteiger partial charge < -0.3 is 24.7 Å².